The van der Waals surface area contributed by atoms with E-state index in [0.717, 1.165) is 30.4 Å². The number of halogens is 4. The van der Waals surface area contributed by atoms with Crippen LogP contribution in [0.3, 0.4) is 0 Å². The van der Waals surface area contributed by atoms with Gasteiger partial charge < -0.3 is 4.74 Å². The van der Waals surface area contributed by atoms with Crippen molar-refractivity contribution < 1.29 is 22.3 Å². The topological polar surface area (TPSA) is 9.23 Å². The van der Waals surface area contributed by atoms with E-state index in [9.17, 15) is 13.2 Å². The largest absolute Gasteiger partial charge is 0.491 e. The summed E-state index contributed by atoms with van der Waals surface area (Å²) in [5.41, 5.74) is 3.20. The van der Waals surface area contributed by atoms with Crippen LogP contribution in [-0.2, 0) is 12.8 Å². The first kappa shape index (κ1) is 27.9. The number of rotatable bonds is 11. The van der Waals surface area contributed by atoms with Gasteiger partial charge in [0.05, 0.1) is 6.61 Å². The Balaban J connectivity index is 1.39. The maximum atomic E-state index is 15.0. The number of aryl methyl sites for hydroxylation is 2. The van der Waals surface area contributed by atoms with Crippen molar-refractivity contribution in [1.82, 2.24) is 0 Å². The Morgan fingerprint density at radius 2 is 1.50 bits per heavy atom. The molecule has 0 saturated carbocycles. The standard InChI is InChI=1S/C33H36F4O/c1-3-5-6-7-22-8-13-24(14-9-22)27-19-18-26(30(34)31(27)35)17-12-23-10-15-25(16-11-23)28-20-21-29(38-4-2)33(37)32(28)36/h10-11,13,15-16,18-22H,3-9,12,14,17H2,1-2H3. The van der Waals surface area contributed by atoms with Crippen LogP contribution in [-0.4, -0.2) is 6.61 Å². The van der Waals surface area contributed by atoms with Gasteiger partial charge in [-0.05, 0) is 79.3 Å². The van der Waals surface area contributed by atoms with Crippen LogP contribution in [0, 0.1) is 29.2 Å². The molecule has 38 heavy (non-hydrogen) atoms. The van der Waals surface area contributed by atoms with E-state index in [1.54, 1.807) is 43.3 Å². The van der Waals surface area contributed by atoms with Gasteiger partial charge in [0.25, 0.3) is 0 Å². The third-order valence-corrected chi connectivity index (χ3v) is 7.54. The number of ether oxygens (including phenoxy) is 1. The third kappa shape index (κ3) is 6.48. The summed E-state index contributed by atoms with van der Waals surface area (Å²) in [5, 5.41) is 0. The fourth-order valence-corrected chi connectivity index (χ4v) is 5.26. The normalized spacial score (nSPS) is 15.4. The van der Waals surface area contributed by atoms with Crippen molar-refractivity contribution >= 4 is 5.57 Å². The molecular weight excluding hydrogens is 488 g/mol. The first-order valence-corrected chi connectivity index (χ1v) is 13.8. The van der Waals surface area contributed by atoms with Crippen molar-refractivity contribution in [3.8, 4) is 16.9 Å². The molecule has 1 nitrogen and oxygen atoms in total. The quantitative estimate of drug-likeness (QED) is 0.179. The third-order valence-electron chi connectivity index (χ3n) is 7.54. The summed E-state index contributed by atoms with van der Waals surface area (Å²) >= 11 is 0. The minimum absolute atomic E-state index is 0.114. The molecule has 3 aromatic carbocycles. The summed E-state index contributed by atoms with van der Waals surface area (Å²) in [7, 11) is 0. The molecule has 0 radical (unpaired) electrons. The Bertz CT molecular complexity index is 1260. The maximum Gasteiger partial charge on any atom is 0.201 e. The molecule has 4 rings (SSSR count). The van der Waals surface area contributed by atoms with Crippen molar-refractivity contribution in [1.29, 1.82) is 0 Å². The second-order valence-electron chi connectivity index (χ2n) is 10.1. The molecule has 0 fully saturated rings. The molecule has 3 aromatic rings. The molecule has 0 spiro atoms. The van der Waals surface area contributed by atoms with Gasteiger partial charge in [0.15, 0.2) is 23.2 Å². The first-order chi connectivity index (χ1) is 18.4. The van der Waals surface area contributed by atoms with E-state index >= 15 is 4.39 Å². The van der Waals surface area contributed by atoms with Gasteiger partial charge in [-0.3, -0.25) is 0 Å². The number of hydrogen-bond acceptors (Lipinski definition) is 1. The van der Waals surface area contributed by atoms with Crippen LogP contribution in [0.2, 0.25) is 0 Å². The average molecular weight is 525 g/mol. The van der Waals surface area contributed by atoms with Crippen LogP contribution in [0.4, 0.5) is 17.6 Å². The first-order valence-electron chi connectivity index (χ1n) is 13.8. The summed E-state index contributed by atoms with van der Waals surface area (Å²) in [6.07, 6.45) is 10.6. The average Bonchev–Trinajstić information content (AvgIpc) is 2.93. The molecule has 1 aliphatic rings. The Kier molecular flexibility index (Phi) is 9.65. The van der Waals surface area contributed by atoms with E-state index in [1.165, 1.54) is 37.8 Å². The van der Waals surface area contributed by atoms with Gasteiger partial charge in [-0.1, -0.05) is 75.1 Å². The highest BCUT2D eigenvalue weighted by atomic mass is 19.2. The van der Waals surface area contributed by atoms with Crippen molar-refractivity contribution in [3.63, 3.8) is 0 Å². The Morgan fingerprint density at radius 3 is 2.18 bits per heavy atom. The van der Waals surface area contributed by atoms with Crippen molar-refractivity contribution in [2.24, 2.45) is 5.92 Å². The van der Waals surface area contributed by atoms with Crippen molar-refractivity contribution in [3.05, 3.63) is 94.6 Å². The Labute approximate surface area is 223 Å². The van der Waals surface area contributed by atoms with E-state index in [0.29, 0.717) is 35.4 Å². The number of allylic oxidation sites excluding steroid dienone is 2. The van der Waals surface area contributed by atoms with Gasteiger partial charge in [0.1, 0.15) is 0 Å². The van der Waals surface area contributed by atoms with E-state index in [1.807, 2.05) is 0 Å². The van der Waals surface area contributed by atoms with Gasteiger partial charge in [-0.25, -0.2) is 13.2 Å². The fraction of sp³-hybridized carbons (Fsp3) is 0.394. The highest BCUT2D eigenvalue weighted by molar-refractivity contribution is 5.67. The van der Waals surface area contributed by atoms with E-state index in [-0.39, 0.29) is 17.9 Å². The molecule has 0 saturated heterocycles. The maximum absolute atomic E-state index is 15.0. The molecule has 0 heterocycles. The zero-order valence-corrected chi connectivity index (χ0v) is 22.3. The smallest absolute Gasteiger partial charge is 0.201 e. The molecule has 0 N–H and O–H groups in total. The molecule has 1 unspecified atom stereocenters. The highest BCUT2D eigenvalue weighted by Crippen LogP contribution is 2.35. The van der Waals surface area contributed by atoms with Gasteiger partial charge in [-0.15, -0.1) is 0 Å². The number of unbranched alkanes of at least 4 members (excludes halogenated alkanes) is 2. The lowest BCUT2D eigenvalue weighted by Crippen LogP contribution is -2.08. The van der Waals surface area contributed by atoms with Crippen molar-refractivity contribution in [2.45, 2.75) is 71.6 Å². The molecule has 1 atom stereocenters. The zero-order valence-electron chi connectivity index (χ0n) is 22.3. The van der Waals surface area contributed by atoms with Crippen molar-refractivity contribution in [2.75, 3.05) is 6.61 Å². The molecule has 0 amide bonds. The van der Waals surface area contributed by atoms with Crippen LogP contribution < -0.4 is 4.74 Å². The van der Waals surface area contributed by atoms with Crippen LogP contribution in [0.15, 0.2) is 54.6 Å². The lowest BCUT2D eigenvalue weighted by molar-refractivity contribution is 0.314. The summed E-state index contributed by atoms with van der Waals surface area (Å²) in [4.78, 5) is 0. The summed E-state index contributed by atoms with van der Waals surface area (Å²) in [6.45, 7) is 4.15. The summed E-state index contributed by atoms with van der Waals surface area (Å²) in [6, 6.07) is 13.3. The number of hydrogen-bond donors (Lipinski definition) is 0. The van der Waals surface area contributed by atoms with Crippen LogP contribution in [0.25, 0.3) is 16.7 Å². The van der Waals surface area contributed by atoms with E-state index in [4.69, 9.17) is 4.74 Å². The molecular formula is C33H36F4O. The van der Waals surface area contributed by atoms with E-state index < -0.39 is 23.3 Å². The zero-order chi connectivity index (χ0) is 27.1. The molecule has 202 valence electrons. The minimum Gasteiger partial charge on any atom is -0.491 e. The monoisotopic (exact) mass is 524 g/mol. The van der Waals surface area contributed by atoms with E-state index in [2.05, 4.69) is 13.0 Å². The predicted molar refractivity (Wildman–Crippen MR) is 146 cm³/mol. The minimum atomic E-state index is -1.01. The second-order valence-corrected chi connectivity index (χ2v) is 10.1. The van der Waals surface area contributed by atoms with Gasteiger partial charge in [-0.2, -0.15) is 4.39 Å². The highest BCUT2D eigenvalue weighted by Gasteiger charge is 2.21. The summed E-state index contributed by atoms with van der Waals surface area (Å²) < 4.78 is 63.9. The van der Waals surface area contributed by atoms with Crippen LogP contribution >= 0.6 is 0 Å². The fourth-order valence-electron chi connectivity index (χ4n) is 5.26. The van der Waals surface area contributed by atoms with Gasteiger partial charge in [0, 0.05) is 11.1 Å². The molecule has 0 aliphatic heterocycles. The summed E-state index contributed by atoms with van der Waals surface area (Å²) in [5.74, 6) is -2.98. The predicted octanol–water partition coefficient (Wildman–Crippen LogP) is 9.86. The molecule has 5 heteroatoms. The number of benzene rings is 3. The van der Waals surface area contributed by atoms with Gasteiger partial charge in [0.2, 0.25) is 5.82 Å². The Morgan fingerprint density at radius 1 is 0.763 bits per heavy atom. The second kappa shape index (κ2) is 13.1. The van der Waals surface area contributed by atoms with Gasteiger partial charge >= 0.3 is 0 Å². The lowest BCUT2D eigenvalue weighted by atomic mass is 9.83. The lowest BCUT2D eigenvalue weighted by Gasteiger charge is -2.22. The Hall–Kier alpha value is -3.08. The molecule has 1 aliphatic carbocycles. The van der Waals surface area contributed by atoms with Crippen LogP contribution in [0.1, 0.15) is 75.5 Å². The molecule has 0 aromatic heterocycles. The molecule has 0 bridgehead atoms. The SMILES string of the molecule is CCCCCC1CC=C(c2ccc(CCc3ccc(-c4ccc(OCC)c(F)c4F)cc3)c(F)c2F)CC1. The van der Waals surface area contributed by atoms with Crippen LogP contribution in [0.5, 0.6) is 5.75 Å².